The summed E-state index contributed by atoms with van der Waals surface area (Å²) in [5.41, 5.74) is 0. The van der Waals surface area contributed by atoms with Crippen molar-refractivity contribution in [3.63, 3.8) is 0 Å². The standard InChI is InChI=1S/C8H11NO2/c1-11-8(10)9-7-5-3-2-4-6-7/h2-5,7H,6H2,1H3,(H,9,10). The summed E-state index contributed by atoms with van der Waals surface area (Å²) in [6.07, 6.45) is 8.25. The van der Waals surface area contributed by atoms with E-state index in [0.29, 0.717) is 0 Å². The number of methoxy groups -OCH3 is 1. The molecule has 1 N–H and O–H groups in total. The maximum atomic E-state index is 10.7. The first-order chi connectivity index (χ1) is 5.33. The van der Waals surface area contributed by atoms with E-state index in [1.165, 1.54) is 7.11 Å². The Morgan fingerprint density at radius 1 is 1.64 bits per heavy atom. The number of rotatable bonds is 1. The molecular weight excluding hydrogens is 142 g/mol. The molecule has 0 radical (unpaired) electrons. The van der Waals surface area contributed by atoms with E-state index in [0.717, 1.165) is 6.42 Å². The van der Waals surface area contributed by atoms with Gasteiger partial charge in [0.1, 0.15) is 0 Å². The van der Waals surface area contributed by atoms with Crippen molar-refractivity contribution in [3.8, 4) is 0 Å². The predicted octanol–water partition coefficient (Wildman–Crippen LogP) is 1.23. The second-order valence-corrected chi connectivity index (χ2v) is 2.29. The molecule has 0 aromatic heterocycles. The quantitative estimate of drug-likeness (QED) is 0.615. The summed E-state index contributed by atoms with van der Waals surface area (Å²) < 4.78 is 4.44. The van der Waals surface area contributed by atoms with Crippen LogP contribution in [0.3, 0.4) is 0 Å². The van der Waals surface area contributed by atoms with E-state index >= 15 is 0 Å². The van der Waals surface area contributed by atoms with Gasteiger partial charge in [0.2, 0.25) is 0 Å². The molecule has 0 aromatic rings. The van der Waals surface area contributed by atoms with Gasteiger partial charge in [-0.1, -0.05) is 24.3 Å². The van der Waals surface area contributed by atoms with Crippen molar-refractivity contribution in [2.24, 2.45) is 0 Å². The van der Waals surface area contributed by atoms with E-state index in [1.807, 2.05) is 24.3 Å². The summed E-state index contributed by atoms with van der Waals surface area (Å²) in [4.78, 5) is 10.7. The summed E-state index contributed by atoms with van der Waals surface area (Å²) in [7, 11) is 1.36. The molecule has 1 aliphatic carbocycles. The molecule has 0 aliphatic heterocycles. The number of amides is 1. The third kappa shape index (κ3) is 2.45. The van der Waals surface area contributed by atoms with Crippen LogP contribution in [0.15, 0.2) is 24.3 Å². The lowest BCUT2D eigenvalue weighted by Gasteiger charge is -2.13. The minimum Gasteiger partial charge on any atom is -0.453 e. The molecule has 0 aromatic carbocycles. The third-order valence-electron chi connectivity index (χ3n) is 1.47. The average Bonchev–Trinajstić information content (AvgIpc) is 2.06. The first kappa shape index (κ1) is 7.85. The number of nitrogens with one attached hydrogen (secondary N) is 1. The highest BCUT2D eigenvalue weighted by Crippen LogP contribution is 2.02. The first-order valence-electron chi connectivity index (χ1n) is 3.51. The van der Waals surface area contributed by atoms with Crippen LogP contribution in [0.2, 0.25) is 0 Å². The van der Waals surface area contributed by atoms with Crippen LogP contribution in [0.5, 0.6) is 0 Å². The van der Waals surface area contributed by atoms with Gasteiger partial charge in [-0.3, -0.25) is 0 Å². The molecule has 60 valence electrons. The summed E-state index contributed by atoms with van der Waals surface area (Å²) in [5, 5.41) is 2.67. The van der Waals surface area contributed by atoms with Crippen LogP contribution in [0.1, 0.15) is 6.42 Å². The highest BCUT2D eigenvalue weighted by atomic mass is 16.5. The molecule has 0 saturated carbocycles. The van der Waals surface area contributed by atoms with Crippen molar-refractivity contribution >= 4 is 6.09 Å². The Kier molecular flexibility index (Phi) is 2.72. The lowest BCUT2D eigenvalue weighted by molar-refractivity contribution is 0.168. The van der Waals surface area contributed by atoms with Crippen molar-refractivity contribution in [2.45, 2.75) is 12.5 Å². The van der Waals surface area contributed by atoms with Crippen LogP contribution in [-0.2, 0) is 4.74 Å². The average molecular weight is 153 g/mol. The molecule has 1 amide bonds. The predicted molar refractivity (Wildman–Crippen MR) is 42.2 cm³/mol. The van der Waals surface area contributed by atoms with Crippen molar-refractivity contribution in [3.05, 3.63) is 24.3 Å². The molecule has 11 heavy (non-hydrogen) atoms. The van der Waals surface area contributed by atoms with Gasteiger partial charge < -0.3 is 10.1 Å². The fraction of sp³-hybridized carbons (Fsp3) is 0.375. The molecule has 3 heteroatoms. The maximum Gasteiger partial charge on any atom is 0.407 e. The third-order valence-corrected chi connectivity index (χ3v) is 1.47. The van der Waals surface area contributed by atoms with Crippen molar-refractivity contribution in [1.82, 2.24) is 5.32 Å². The van der Waals surface area contributed by atoms with Crippen molar-refractivity contribution in [2.75, 3.05) is 7.11 Å². The van der Waals surface area contributed by atoms with Crippen LogP contribution in [0, 0.1) is 0 Å². The van der Waals surface area contributed by atoms with E-state index < -0.39 is 0 Å². The molecule has 0 spiro atoms. The number of allylic oxidation sites excluding steroid dienone is 2. The second-order valence-electron chi connectivity index (χ2n) is 2.29. The summed E-state index contributed by atoms with van der Waals surface area (Å²) in [6.45, 7) is 0. The smallest absolute Gasteiger partial charge is 0.407 e. The van der Waals surface area contributed by atoms with Crippen molar-refractivity contribution in [1.29, 1.82) is 0 Å². The van der Waals surface area contributed by atoms with E-state index in [9.17, 15) is 4.79 Å². The normalized spacial score (nSPS) is 21.4. The number of hydrogen-bond donors (Lipinski definition) is 1. The minimum absolute atomic E-state index is 0.0902. The number of carbonyl (C=O) groups is 1. The van der Waals surface area contributed by atoms with Crippen LogP contribution >= 0.6 is 0 Å². The topological polar surface area (TPSA) is 38.3 Å². The van der Waals surface area contributed by atoms with Gasteiger partial charge in [-0.2, -0.15) is 0 Å². The van der Waals surface area contributed by atoms with Gasteiger partial charge in [0.05, 0.1) is 13.2 Å². The molecule has 0 fully saturated rings. The monoisotopic (exact) mass is 153 g/mol. The summed E-state index contributed by atoms with van der Waals surface area (Å²) >= 11 is 0. The Morgan fingerprint density at radius 2 is 2.45 bits per heavy atom. The Morgan fingerprint density at radius 3 is 3.00 bits per heavy atom. The zero-order valence-corrected chi connectivity index (χ0v) is 6.41. The summed E-state index contributed by atoms with van der Waals surface area (Å²) in [6, 6.07) is 0.0902. The number of hydrogen-bond acceptors (Lipinski definition) is 2. The zero-order valence-electron chi connectivity index (χ0n) is 6.41. The molecule has 0 saturated heterocycles. The van der Waals surface area contributed by atoms with Gasteiger partial charge in [-0.15, -0.1) is 0 Å². The molecule has 1 aliphatic rings. The highest BCUT2D eigenvalue weighted by molar-refractivity contribution is 5.67. The van der Waals surface area contributed by atoms with Gasteiger partial charge in [0.15, 0.2) is 0 Å². The molecule has 0 bridgehead atoms. The SMILES string of the molecule is COC(=O)NC1C=CC=CC1. The van der Waals surface area contributed by atoms with Gasteiger partial charge >= 0.3 is 6.09 Å². The highest BCUT2D eigenvalue weighted by Gasteiger charge is 2.07. The van der Waals surface area contributed by atoms with E-state index in [2.05, 4.69) is 10.1 Å². The fourth-order valence-electron chi connectivity index (χ4n) is 0.898. The maximum absolute atomic E-state index is 10.7. The van der Waals surface area contributed by atoms with Gasteiger partial charge in [-0.25, -0.2) is 4.79 Å². The molecule has 1 rings (SSSR count). The van der Waals surface area contributed by atoms with E-state index in [1.54, 1.807) is 0 Å². The number of alkyl carbamates (subject to hydrolysis) is 1. The van der Waals surface area contributed by atoms with Crippen molar-refractivity contribution < 1.29 is 9.53 Å². The lowest BCUT2D eigenvalue weighted by atomic mass is 10.1. The van der Waals surface area contributed by atoms with Gasteiger partial charge in [0, 0.05) is 0 Å². The summed E-state index contributed by atoms with van der Waals surface area (Å²) in [5.74, 6) is 0. The fourth-order valence-corrected chi connectivity index (χ4v) is 0.898. The first-order valence-corrected chi connectivity index (χ1v) is 3.51. The zero-order chi connectivity index (χ0) is 8.10. The molecule has 3 nitrogen and oxygen atoms in total. The molecule has 1 atom stereocenters. The van der Waals surface area contributed by atoms with Crippen LogP contribution < -0.4 is 5.32 Å². The molecule has 1 unspecified atom stereocenters. The van der Waals surface area contributed by atoms with Gasteiger partial charge in [-0.05, 0) is 6.42 Å². The van der Waals surface area contributed by atoms with Crippen LogP contribution in [-0.4, -0.2) is 19.2 Å². The number of ether oxygens (including phenoxy) is 1. The molecular formula is C8H11NO2. The van der Waals surface area contributed by atoms with Gasteiger partial charge in [0.25, 0.3) is 0 Å². The van der Waals surface area contributed by atoms with E-state index in [-0.39, 0.29) is 12.1 Å². The number of carbonyl (C=O) groups excluding carboxylic acids is 1. The Balaban J connectivity index is 2.33. The van der Waals surface area contributed by atoms with Crippen LogP contribution in [0.4, 0.5) is 4.79 Å². The Bertz CT molecular complexity index is 196. The Hall–Kier alpha value is -1.25. The minimum atomic E-state index is -0.380. The lowest BCUT2D eigenvalue weighted by Crippen LogP contribution is -2.33. The molecule has 0 heterocycles. The van der Waals surface area contributed by atoms with E-state index in [4.69, 9.17) is 0 Å². The largest absolute Gasteiger partial charge is 0.453 e. The second kappa shape index (κ2) is 3.81. The Labute approximate surface area is 65.7 Å². The van der Waals surface area contributed by atoms with Crippen LogP contribution in [0.25, 0.3) is 0 Å².